The van der Waals surface area contributed by atoms with Crippen molar-refractivity contribution >= 4 is 11.7 Å². The number of likely N-dealkylation sites (tertiary alicyclic amines) is 2. The van der Waals surface area contributed by atoms with Crippen LogP contribution in [0.5, 0.6) is 0 Å². The van der Waals surface area contributed by atoms with Gasteiger partial charge in [-0.2, -0.15) is 4.98 Å². The highest BCUT2D eigenvalue weighted by Gasteiger charge is 2.48. The molecular weight excluding hydrogens is 308 g/mol. The van der Waals surface area contributed by atoms with Crippen LogP contribution in [0.15, 0.2) is 18.5 Å². The van der Waals surface area contributed by atoms with Crippen molar-refractivity contribution in [1.29, 1.82) is 0 Å². The normalized spacial score (nSPS) is 25.2. The predicted octanol–water partition coefficient (Wildman–Crippen LogP) is -0.0689. The summed E-state index contributed by atoms with van der Waals surface area (Å²) in [5.74, 6) is 1.54. The van der Waals surface area contributed by atoms with E-state index in [1.165, 1.54) is 0 Å². The molecule has 2 aromatic rings. The van der Waals surface area contributed by atoms with Crippen LogP contribution in [0, 0.1) is 5.41 Å². The first kappa shape index (κ1) is 15.5. The van der Waals surface area contributed by atoms with Crippen LogP contribution >= 0.6 is 0 Å². The van der Waals surface area contributed by atoms with E-state index >= 15 is 0 Å². The molecule has 24 heavy (non-hydrogen) atoms. The number of fused-ring (bicyclic) bond motifs is 1. The maximum atomic E-state index is 12.8. The zero-order valence-corrected chi connectivity index (χ0v) is 13.6. The van der Waals surface area contributed by atoms with E-state index in [1.54, 1.807) is 10.7 Å². The predicted molar refractivity (Wildman–Crippen MR) is 86.0 cm³/mol. The van der Waals surface area contributed by atoms with Gasteiger partial charge in [-0.3, -0.25) is 9.69 Å². The molecule has 2 aliphatic rings. The monoisotopic (exact) mass is 330 g/mol. The number of hydrogen-bond donors (Lipinski definition) is 1. The van der Waals surface area contributed by atoms with E-state index in [4.69, 9.17) is 5.11 Å². The molecule has 8 heteroatoms. The summed E-state index contributed by atoms with van der Waals surface area (Å²) in [5, 5.41) is 13.6. The van der Waals surface area contributed by atoms with Gasteiger partial charge in [-0.15, -0.1) is 5.10 Å². The number of hydrogen-bond acceptors (Lipinski definition) is 6. The Labute approximate surface area is 140 Å². The molecule has 2 saturated heterocycles. The van der Waals surface area contributed by atoms with E-state index in [2.05, 4.69) is 20.0 Å². The fourth-order valence-corrected chi connectivity index (χ4v) is 4.00. The van der Waals surface area contributed by atoms with Gasteiger partial charge in [0.1, 0.15) is 0 Å². The van der Waals surface area contributed by atoms with Gasteiger partial charge in [0.25, 0.3) is 5.78 Å². The highest BCUT2D eigenvalue weighted by molar-refractivity contribution is 5.84. The molecule has 128 valence electrons. The van der Waals surface area contributed by atoms with Crippen LogP contribution in [0.1, 0.15) is 25.1 Å². The Morgan fingerprint density at radius 2 is 2.21 bits per heavy atom. The Balaban J connectivity index is 1.46. The third kappa shape index (κ3) is 2.65. The smallest absolute Gasteiger partial charge is 0.252 e. The largest absolute Gasteiger partial charge is 0.395 e. The van der Waals surface area contributed by atoms with Crippen molar-refractivity contribution in [3.63, 3.8) is 0 Å². The summed E-state index contributed by atoms with van der Waals surface area (Å²) in [4.78, 5) is 25.5. The van der Waals surface area contributed by atoms with E-state index in [9.17, 15) is 4.79 Å². The van der Waals surface area contributed by atoms with Crippen LogP contribution < -0.4 is 0 Å². The lowest BCUT2D eigenvalue weighted by Crippen LogP contribution is -2.50. The van der Waals surface area contributed by atoms with E-state index in [0.717, 1.165) is 44.7 Å². The lowest BCUT2D eigenvalue weighted by Gasteiger charge is -2.39. The van der Waals surface area contributed by atoms with Crippen molar-refractivity contribution in [3.05, 3.63) is 24.3 Å². The molecule has 2 aromatic heterocycles. The third-order valence-electron chi connectivity index (χ3n) is 5.15. The van der Waals surface area contributed by atoms with Crippen LogP contribution in [0.3, 0.4) is 0 Å². The zero-order valence-electron chi connectivity index (χ0n) is 13.6. The number of β-amino-alcohol motifs (C(OH)–C–C–N with tert-alkyl or cyclic N) is 1. The SMILES string of the molecule is O=C1N(CCO)CCCC12CCN(Cc1nc3ncccn3n1)C2. The second kappa shape index (κ2) is 6.10. The van der Waals surface area contributed by atoms with Gasteiger partial charge < -0.3 is 10.0 Å². The molecule has 2 fully saturated rings. The fourth-order valence-electron chi connectivity index (χ4n) is 4.00. The average Bonchev–Trinajstić information content (AvgIpc) is 3.17. The number of piperidine rings is 1. The summed E-state index contributed by atoms with van der Waals surface area (Å²) in [7, 11) is 0. The zero-order chi connectivity index (χ0) is 16.6. The number of amides is 1. The maximum Gasteiger partial charge on any atom is 0.252 e. The molecular formula is C16H22N6O2. The number of aliphatic hydroxyl groups is 1. The van der Waals surface area contributed by atoms with Crippen molar-refractivity contribution in [3.8, 4) is 0 Å². The number of aromatic nitrogens is 4. The van der Waals surface area contributed by atoms with Crippen molar-refractivity contribution in [2.24, 2.45) is 5.41 Å². The highest BCUT2D eigenvalue weighted by atomic mass is 16.3. The Morgan fingerprint density at radius 1 is 1.29 bits per heavy atom. The van der Waals surface area contributed by atoms with Crippen LogP contribution in [-0.4, -0.2) is 73.2 Å². The summed E-state index contributed by atoms with van der Waals surface area (Å²) in [6, 6.07) is 1.83. The molecule has 0 radical (unpaired) electrons. The van der Waals surface area contributed by atoms with Gasteiger partial charge in [-0.05, 0) is 31.9 Å². The average molecular weight is 330 g/mol. The van der Waals surface area contributed by atoms with Crippen LogP contribution in [0.2, 0.25) is 0 Å². The minimum absolute atomic E-state index is 0.0315. The first-order valence-electron chi connectivity index (χ1n) is 8.49. The summed E-state index contributed by atoms with van der Waals surface area (Å²) >= 11 is 0. The van der Waals surface area contributed by atoms with Gasteiger partial charge in [-0.25, -0.2) is 9.50 Å². The second-order valence-electron chi connectivity index (χ2n) is 6.75. The Morgan fingerprint density at radius 3 is 3.04 bits per heavy atom. The minimum Gasteiger partial charge on any atom is -0.395 e. The van der Waals surface area contributed by atoms with Gasteiger partial charge in [0.05, 0.1) is 18.6 Å². The third-order valence-corrected chi connectivity index (χ3v) is 5.15. The van der Waals surface area contributed by atoms with Gasteiger partial charge >= 0.3 is 0 Å². The van der Waals surface area contributed by atoms with Crippen molar-refractivity contribution < 1.29 is 9.90 Å². The molecule has 4 heterocycles. The van der Waals surface area contributed by atoms with Gasteiger partial charge in [-0.1, -0.05) is 0 Å². The fraction of sp³-hybridized carbons (Fsp3) is 0.625. The number of aliphatic hydroxyl groups excluding tert-OH is 1. The molecule has 1 spiro atoms. The molecule has 0 saturated carbocycles. The molecule has 1 atom stereocenters. The summed E-state index contributed by atoms with van der Waals surface area (Å²) < 4.78 is 1.68. The van der Waals surface area contributed by atoms with E-state index in [-0.39, 0.29) is 17.9 Å². The first-order chi connectivity index (χ1) is 11.7. The lowest BCUT2D eigenvalue weighted by atomic mass is 9.78. The molecule has 0 bridgehead atoms. The second-order valence-corrected chi connectivity index (χ2v) is 6.75. The number of carbonyl (C=O) groups is 1. The molecule has 1 amide bonds. The molecule has 1 unspecified atom stereocenters. The van der Waals surface area contributed by atoms with Gasteiger partial charge in [0.2, 0.25) is 5.91 Å². The minimum atomic E-state index is -0.287. The number of nitrogens with zero attached hydrogens (tertiary/aromatic N) is 6. The van der Waals surface area contributed by atoms with Crippen LogP contribution in [0.25, 0.3) is 5.78 Å². The lowest BCUT2D eigenvalue weighted by molar-refractivity contribution is -0.146. The Kier molecular flexibility index (Phi) is 3.93. The molecule has 1 N–H and O–H groups in total. The van der Waals surface area contributed by atoms with Crippen molar-refractivity contribution in [1.82, 2.24) is 29.4 Å². The summed E-state index contributed by atoms with van der Waals surface area (Å²) in [6.45, 7) is 3.50. The Hall–Kier alpha value is -2.06. The molecule has 4 rings (SSSR count). The topological polar surface area (TPSA) is 86.9 Å². The summed E-state index contributed by atoms with van der Waals surface area (Å²) in [5.41, 5.74) is -0.287. The standard InChI is InChI=1S/C16H22N6O2/c23-10-9-21-6-1-3-16(14(21)24)4-8-20(12-16)11-13-18-15-17-5-2-7-22(15)19-13/h2,5,7,23H,1,3-4,6,8-12H2. The quantitative estimate of drug-likeness (QED) is 0.844. The first-order valence-corrected chi connectivity index (χ1v) is 8.49. The molecule has 2 aliphatic heterocycles. The molecule has 0 aromatic carbocycles. The number of rotatable bonds is 4. The Bertz CT molecular complexity index is 712. The van der Waals surface area contributed by atoms with E-state index < -0.39 is 0 Å². The van der Waals surface area contributed by atoms with Crippen molar-refractivity contribution in [2.75, 3.05) is 32.8 Å². The van der Waals surface area contributed by atoms with E-state index in [0.29, 0.717) is 18.9 Å². The van der Waals surface area contributed by atoms with Gasteiger partial charge in [0.15, 0.2) is 5.82 Å². The van der Waals surface area contributed by atoms with Gasteiger partial charge in [0, 0.05) is 32.0 Å². The van der Waals surface area contributed by atoms with Crippen LogP contribution in [0.4, 0.5) is 0 Å². The summed E-state index contributed by atoms with van der Waals surface area (Å²) in [6.07, 6.45) is 6.36. The van der Waals surface area contributed by atoms with Crippen LogP contribution in [-0.2, 0) is 11.3 Å². The number of carbonyl (C=O) groups excluding carboxylic acids is 1. The maximum absolute atomic E-state index is 12.8. The molecule has 0 aliphatic carbocycles. The molecule has 8 nitrogen and oxygen atoms in total. The van der Waals surface area contributed by atoms with Crippen molar-refractivity contribution in [2.45, 2.75) is 25.8 Å². The van der Waals surface area contributed by atoms with E-state index in [1.807, 2.05) is 17.2 Å². The highest BCUT2D eigenvalue weighted by Crippen LogP contribution is 2.40.